The highest BCUT2D eigenvalue weighted by atomic mass is 16.8. The maximum absolute atomic E-state index is 12.3. The molecule has 414 valence electrons. The van der Waals surface area contributed by atoms with Gasteiger partial charge in [0.1, 0.15) is 91.6 Å². The summed E-state index contributed by atoms with van der Waals surface area (Å²) in [6, 6.07) is 0. The first kappa shape index (κ1) is 56.8. The molecule has 8 aliphatic rings. The minimum absolute atomic E-state index is 0.0326. The third kappa shape index (κ3) is 10.8. The van der Waals surface area contributed by atoms with E-state index in [4.69, 9.17) is 37.9 Å². The topological polar surface area (TPSA) is 357 Å². The number of hydrogen-bond donors (Lipinski definition) is 14. The Bertz CT molecular complexity index is 1820. The summed E-state index contributed by atoms with van der Waals surface area (Å²) >= 11 is 0. The number of aliphatic hydroxyl groups is 14. The van der Waals surface area contributed by atoms with E-state index in [1.807, 2.05) is 0 Å². The van der Waals surface area contributed by atoms with Crippen molar-refractivity contribution in [2.75, 3.05) is 33.0 Å². The molecule has 28 atom stereocenters. The Kier molecular flexibility index (Phi) is 18.4. The van der Waals surface area contributed by atoms with Crippen LogP contribution in [0.4, 0.5) is 0 Å². The van der Waals surface area contributed by atoms with Gasteiger partial charge in [0.15, 0.2) is 25.2 Å². The predicted molar refractivity (Wildman–Crippen MR) is 246 cm³/mol. The largest absolute Gasteiger partial charge is 0.396 e. The second kappa shape index (κ2) is 23.3. The van der Waals surface area contributed by atoms with E-state index in [0.717, 1.165) is 25.7 Å². The summed E-state index contributed by atoms with van der Waals surface area (Å²) in [7, 11) is 0. The highest BCUT2D eigenvalue weighted by molar-refractivity contribution is 5.26. The van der Waals surface area contributed by atoms with Gasteiger partial charge in [0, 0.05) is 12.5 Å². The first-order valence-corrected chi connectivity index (χ1v) is 26.0. The van der Waals surface area contributed by atoms with Crippen LogP contribution in [0.2, 0.25) is 0 Å². The average Bonchev–Trinajstić information content (AvgIpc) is 3.63. The molecule has 8 rings (SSSR count). The van der Waals surface area contributed by atoms with Crippen molar-refractivity contribution >= 4 is 0 Å². The van der Waals surface area contributed by atoms with E-state index < -0.39 is 155 Å². The monoisotopic (exact) mass is 1030 g/mol. The molecule has 22 nitrogen and oxygen atoms in total. The molecule has 0 bridgehead atoms. The van der Waals surface area contributed by atoms with Gasteiger partial charge in [-0.3, -0.25) is 0 Å². The van der Waals surface area contributed by atoms with Crippen molar-refractivity contribution in [3.8, 4) is 0 Å². The molecule has 0 aromatic rings. The number of hydrogen-bond acceptors (Lipinski definition) is 22. The minimum Gasteiger partial charge on any atom is -0.396 e. The lowest BCUT2D eigenvalue weighted by molar-refractivity contribution is -0.396. The molecule has 14 N–H and O–H groups in total. The molecule has 0 spiro atoms. The summed E-state index contributed by atoms with van der Waals surface area (Å²) in [6.45, 7) is 5.98. The van der Waals surface area contributed by atoms with Gasteiger partial charge in [0.2, 0.25) is 0 Å². The van der Waals surface area contributed by atoms with Crippen molar-refractivity contribution in [3.63, 3.8) is 0 Å². The predicted octanol–water partition coefficient (Wildman–Crippen LogP) is -2.96. The number of ether oxygens (including phenoxy) is 8. The van der Waals surface area contributed by atoms with Gasteiger partial charge in [0.25, 0.3) is 0 Å². The van der Waals surface area contributed by atoms with Crippen molar-refractivity contribution in [2.45, 2.75) is 208 Å². The van der Waals surface area contributed by atoms with Crippen LogP contribution < -0.4 is 0 Å². The maximum atomic E-state index is 12.3. The van der Waals surface area contributed by atoms with Gasteiger partial charge in [-0.2, -0.15) is 0 Å². The molecule has 4 heterocycles. The van der Waals surface area contributed by atoms with E-state index >= 15 is 0 Å². The number of fused-ring (bicyclic) bond motifs is 5. The Balaban J connectivity index is 1.02. The van der Waals surface area contributed by atoms with Gasteiger partial charge in [0.05, 0.1) is 38.6 Å². The summed E-state index contributed by atoms with van der Waals surface area (Å²) in [5.74, 6) is 1.19. The van der Waals surface area contributed by atoms with E-state index in [9.17, 15) is 71.5 Å². The first-order valence-electron chi connectivity index (χ1n) is 26.0. The SMILES string of the molecule is CC(C)CC=CC(CO)C1CC(O)C2C3CC=C4CC(OC5OC(CO)C(OC6OC(CO)C(O)C(O)C6O)C(OC6OCC(O)C(O)C6OC6OC(CO)C(O)C(O)C6O)C5O)CCC4(C)C3CCC12C. The molecule has 7 fully saturated rings. The zero-order valence-corrected chi connectivity index (χ0v) is 41.5. The molecule has 0 radical (unpaired) electrons. The fourth-order valence-electron chi connectivity index (χ4n) is 13.9. The molecular formula is C50H82O22. The second-order valence-electron chi connectivity index (χ2n) is 22.7. The first-order chi connectivity index (χ1) is 34.2. The van der Waals surface area contributed by atoms with E-state index in [2.05, 4.69) is 45.9 Å². The van der Waals surface area contributed by atoms with Crippen LogP contribution in [0.25, 0.3) is 0 Å². The molecule has 4 aliphatic carbocycles. The number of allylic oxidation sites excluding steroid dienone is 2. The van der Waals surface area contributed by atoms with E-state index in [-0.39, 0.29) is 47.0 Å². The lowest BCUT2D eigenvalue weighted by Gasteiger charge is -2.59. The Morgan fingerprint density at radius 1 is 0.639 bits per heavy atom. The van der Waals surface area contributed by atoms with Crippen LogP contribution in [0, 0.1) is 46.3 Å². The van der Waals surface area contributed by atoms with Gasteiger partial charge < -0.3 is 109 Å². The summed E-state index contributed by atoms with van der Waals surface area (Å²) in [5.41, 5.74) is 0.825. The molecule has 0 amide bonds. The smallest absolute Gasteiger partial charge is 0.187 e. The number of aliphatic hydroxyl groups excluding tert-OH is 14. The molecule has 28 unspecified atom stereocenters. The Morgan fingerprint density at radius 3 is 1.82 bits per heavy atom. The Labute approximate surface area is 419 Å². The van der Waals surface area contributed by atoms with Gasteiger partial charge >= 0.3 is 0 Å². The standard InChI is InChI=1S/C50H82O22/c1-21(2)6-5-7-22(16-51)27-15-28(55)33-25-9-8-23-14-24(10-12-49(23,3)26(25)11-13-50(27,33)4)66-47-41(64)43(42(32(19-54)69-47)70-45-39(62)37(60)35(58)30(17-52)67-45)71-48-44(34(57)29(56)20-65-48)72-46-40(63)38(61)36(59)31(18-53)68-46/h5,7-8,21-22,24-48,51-64H,6,9-20H2,1-4H3. The second-order valence-corrected chi connectivity index (χ2v) is 22.7. The fraction of sp³-hybridized carbons (Fsp3) is 0.920. The molecule has 3 saturated carbocycles. The normalized spacial score (nSPS) is 51.4. The Hall–Kier alpha value is -1.40. The van der Waals surface area contributed by atoms with Crippen LogP contribution in [-0.4, -0.2) is 233 Å². The Morgan fingerprint density at radius 2 is 1.22 bits per heavy atom. The summed E-state index contributed by atoms with van der Waals surface area (Å²) in [5, 5.41) is 151. The quantitative estimate of drug-likeness (QED) is 0.0687. The van der Waals surface area contributed by atoms with E-state index in [1.54, 1.807) is 0 Å². The molecule has 0 aromatic carbocycles. The van der Waals surface area contributed by atoms with E-state index in [0.29, 0.717) is 31.6 Å². The van der Waals surface area contributed by atoms with Crippen molar-refractivity contribution in [1.82, 2.24) is 0 Å². The van der Waals surface area contributed by atoms with E-state index in [1.165, 1.54) is 5.57 Å². The van der Waals surface area contributed by atoms with Crippen molar-refractivity contribution in [2.24, 2.45) is 46.3 Å². The van der Waals surface area contributed by atoms with Gasteiger partial charge in [-0.15, -0.1) is 0 Å². The van der Waals surface area contributed by atoms with Crippen molar-refractivity contribution in [3.05, 3.63) is 23.8 Å². The molecule has 4 saturated heterocycles. The lowest BCUT2D eigenvalue weighted by atomic mass is 9.46. The fourth-order valence-corrected chi connectivity index (χ4v) is 13.9. The van der Waals surface area contributed by atoms with Gasteiger partial charge in [-0.05, 0) is 91.8 Å². The summed E-state index contributed by atoms with van der Waals surface area (Å²) < 4.78 is 48.0. The highest BCUT2D eigenvalue weighted by Gasteiger charge is 2.63. The van der Waals surface area contributed by atoms with Gasteiger partial charge in [-0.1, -0.05) is 51.5 Å². The van der Waals surface area contributed by atoms with Crippen molar-refractivity contribution < 1.29 is 109 Å². The third-order valence-corrected chi connectivity index (χ3v) is 18.0. The van der Waals surface area contributed by atoms with Crippen LogP contribution in [-0.2, 0) is 37.9 Å². The molecule has 0 aromatic heterocycles. The van der Waals surface area contributed by atoms with Crippen LogP contribution in [0.3, 0.4) is 0 Å². The van der Waals surface area contributed by atoms with Crippen LogP contribution in [0.15, 0.2) is 23.8 Å². The summed E-state index contributed by atoms with van der Waals surface area (Å²) in [6.07, 6.45) is -21.4. The minimum atomic E-state index is -1.95. The van der Waals surface area contributed by atoms with Crippen LogP contribution in [0.1, 0.15) is 79.1 Å². The van der Waals surface area contributed by atoms with Crippen LogP contribution >= 0.6 is 0 Å². The molecular weight excluding hydrogens is 953 g/mol. The average molecular weight is 1040 g/mol. The maximum Gasteiger partial charge on any atom is 0.187 e. The van der Waals surface area contributed by atoms with Crippen molar-refractivity contribution in [1.29, 1.82) is 0 Å². The van der Waals surface area contributed by atoms with Crippen LogP contribution in [0.5, 0.6) is 0 Å². The zero-order chi connectivity index (χ0) is 52.1. The molecule has 72 heavy (non-hydrogen) atoms. The molecule has 4 aliphatic heterocycles. The zero-order valence-electron chi connectivity index (χ0n) is 41.5. The highest BCUT2D eigenvalue weighted by Crippen LogP contribution is 2.67. The summed E-state index contributed by atoms with van der Waals surface area (Å²) in [4.78, 5) is 0. The lowest BCUT2D eigenvalue weighted by Crippen LogP contribution is -2.67. The molecule has 22 heteroatoms. The number of rotatable bonds is 16. The third-order valence-electron chi connectivity index (χ3n) is 18.0. The van der Waals surface area contributed by atoms with Gasteiger partial charge in [-0.25, -0.2) is 0 Å².